The van der Waals surface area contributed by atoms with E-state index in [1.807, 2.05) is 36.4 Å². The van der Waals surface area contributed by atoms with E-state index in [0.29, 0.717) is 6.54 Å². The smallest absolute Gasteiger partial charge is 0.407 e. The molecule has 1 unspecified atom stereocenters. The summed E-state index contributed by atoms with van der Waals surface area (Å²) in [7, 11) is 0. The van der Waals surface area contributed by atoms with Gasteiger partial charge in [-0.15, -0.1) is 0 Å². The summed E-state index contributed by atoms with van der Waals surface area (Å²) in [6, 6.07) is 18.1. The minimum Gasteiger partial charge on any atom is -0.439 e. The van der Waals surface area contributed by atoms with Gasteiger partial charge in [-0.3, -0.25) is 0 Å². The molecule has 1 heterocycles. The molecule has 0 spiro atoms. The summed E-state index contributed by atoms with van der Waals surface area (Å²) >= 11 is 0. The zero-order valence-corrected chi connectivity index (χ0v) is 9.80. The van der Waals surface area contributed by atoms with E-state index in [1.54, 1.807) is 0 Å². The van der Waals surface area contributed by atoms with E-state index < -0.39 is 0 Å². The second-order valence-corrected chi connectivity index (χ2v) is 4.23. The standard InChI is InChI=1S/C15H13NO2/c17-15-16-10-14(18-15)13-9-5-4-8-12(13)11-6-2-1-3-7-11/h1-9,14H,10H2,(H,16,17). The summed E-state index contributed by atoms with van der Waals surface area (Å²) in [6.45, 7) is 0.530. The number of alkyl carbamates (subject to hydrolysis) is 1. The van der Waals surface area contributed by atoms with E-state index in [2.05, 4.69) is 23.5 Å². The molecule has 90 valence electrons. The van der Waals surface area contributed by atoms with Gasteiger partial charge >= 0.3 is 6.09 Å². The molecule has 1 aliphatic rings. The lowest BCUT2D eigenvalue weighted by Gasteiger charge is -2.13. The number of carbonyl (C=O) groups excluding carboxylic acids is 1. The predicted octanol–water partition coefficient (Wildman–Crippen LogP) is 3.13. The van der Waals surface area contributed by atoms with Gasteiger partial charge in [-0.1, -0.05) is 54.6 Å². The summed E-state index contributed by atoms with van der Waals surface area (Å²) in [5.74, 6) is 0. The van der Waals surface area contributed by atoms with Gasteiger partial charge < -0.3 is 10.1 Å². The molecule has 1 fully saturated rings. The van der Waals surface area contributed by atoms with E-state index in [1.165, 1.54) is 0 Å². The van der Waals surface area contributed by atoms with E-state index in [4.69, 9.17) is 4.74 Å². The van der Waals surface area contributed by atoms with Crippen LogP contribution in [0, 0.1) is 0 Å². The predicted molar refractivity (Wildman–Crippen MR) is 69.1 cm³/mol. The number of rotatable bonds is 2. The number of nitrogens with one attached hydrogen (secondary N) is 1. The van der Waals surface area contributed by atoms with Crippen LogP contribution in [0.5, 0.6) is 0 Å². The minimum absolute atomic E-state index is 0.200. The highest BCUT2D eigenvalue weighted by Crippen LogP contribution is 2.31. The summed E-state index contributed by atoms with van der Waals surface area (Å²) < 4.78 is 5.26. The van der Waals surface area contributed by atoms with Crippen molar-refractivity contribution in [3.05, 3.63) is 60.2 Å². The maximum absolute atomic E-state index is 11.1. The van der Waals surface area contributed by atoms with Crippen molar-refractivity contribution in [3.8, 4) is 11.1 Å². The molecule has 1 amide bonds. The molecule has 0 saturated carbocycles. The van der Waals surface area contributed by atoms with Crippen LogP contribution in [0.4, 0.5) is 4.79 Å². The lowest BCUT2D eigenvalue weighted by Crippen LogP contribution is -2.12. The van der Waals surface area contributed by atoms with Gasteiger partial charge in [0.15, 0.2) is 0 Å². The van der Waals surface area contributed by atoms with E-state index in [9.17, 15) is 4.79 Å². The second kappa shape index (κ2) is 4.53. The third kappa shape index (κ3) is 1.95. The van der Waals surface area contributed by atoms with Crippen LogP contribution in [0.2, 0.25) is 0 Å². The van der Waals surface area contributed by atoms with Gasteiger partial charge in [0.1, 0.15) is 6.10 Å². The first-order chi connectivity index (χ1) is 8.84. The lowest BCUT2D eigenvalue weighted by molar-refractivity contribution is 0.141. The number of benzene rings is 2. The molecule has 18 heavy (non-hydrogen) atoms. The van der Waals surface area contributed by atoms with Crippen LogP contribution in [0.3, 0.4) is 0 Å². The molecule has 1 aliphatic heterocycles. The molecule has 3 heteroatoms. The van der Waals surface area contributed by atoms with Crippen LogP contribution in [-0.2, 0) is 4.74 Å². The number of hydrogen-bond donors (Lipinski definition) is 1. The molecule has 3 rings (SSSR count). The van der Waals surface area contributed by atoms with Gasteiger partial charge in [-0.05, 0) is 11.1 Å². The molecule has 0 aliphatic carbocycles. The van der Waals surface area contributed by atoms with Crippen molar-refractivity contribution in [2.45, 2.75) is 6.10 Å². The molecule has 3 nitrogen and oxygen atoms in total. The first kappa shape index (κ1) is 10.8. The van der Waals surface area contributed by atoms with Gasteiger partial charge in [-0.2, -0.15) is 0 Å². The number of hydrogen-bond acceptors (Lipinski definition) is 2. The van der Waals surface area contributed by atoms with Gasteiger partial charge in [-0.25, -0.2) is 4.79 Å². The van der Waals surface area contributed by atoms with E-state index >= 15 is 0 Å². The summed E-state index contributed by atoms with van der Waals surface area (Å²) in [4.78, 5) is 11.1. The Labute approximate surface area is 105 Å². The Morgan fingerprint density at radius 1 is 1.00 bits per heavy atom. The lowest BCUT2D eigenvalue weighted by atomic mass is 9.96. The number of ether oxygens (including phenoxy) is 1. The first-order valence-electron chi connectivity index (χ1n) is 5.93. The molecular formula is C15H13NO2. The fourth-order valence-electron chi connectivity index (χ4n) is 2.22. The van der Waals surface area contributed by atoms with E-state index in [-0.39, 0.29) is 12.2 Å². The van der Waals surface area contributed by atoms with Gasteiger partial charge in [0, 0.05) is 5.56 Å². The van der Waals surface area contributed by atoms with Crippen LogP contribution in [0.1, 0.15) is 11.7 Å². The highest BCUT2D eigenvalue weighted by molar-refractivity contribution is 5.72. The van der Waals surface area contributed by atoms with Crippen LogP contribution in [0.15, 0.2) is 54.6 Å². The summed E-state index contributed by atoms with van der Waals surface area (Å²) in [5, 5.41) is 2.69. The molecule has 0 bridgehead atoms. The Balaban J connectivity index is 2.03. The molecule has 1 N–H and O–H groups in total. The average molecular weight is 239 g/mol. The molecule has 0 aromatic heterocycles. The number of cyclic esters (lactones) is 1. The monoisotopic (exact) mass is 239 g/mol. The van der Waals surface area contributed by atoms with Crippen molar-refractivity contribution in [1.29, 1.82) is 0 Å². The zero-order valence-electron chi connectivity index (χ0n) is 9.80. The Morgan fingerprint density at radius 3 is 2.44 bits per heavy atom. The van der Waals surface area contributed by atoms with Crippen molar-refractivity contribution in [1.82, 2.24) is 5.32 Å². The maximum atomic E-state index is 11.1. The molecule has 2 aromatic rings. The Bertz CT molecular complexity index is 566. The normalized spacial score (nSPS) is 18.2. The molecular weight excluding hydrogens is 226 g/mol. The SMILES string of the molecule is O=C1NCC(c2ccccc2-c2ccccc2)O1. The fourth-order valence-corrected chi connectivity index (χ4v) is 2.22. The zero-order chi connectivity index (χ0) is 12.4. The van der Waals surface area contributed by atoms with Gasteiger partial charge in [0.05, 0.1) is 6.54 Å². The molecule has 0 radical (unpaired) electrons. The van der Waals surface area contributed by atoms with Crippen molar-refractivity contribution in [2.24, 2.45) is 0 Å². The highest BCUT2D eigenvalue weighted by Gasteiger charge is 2.26. The number of amides is 1. The quantitative estimate of drug-likeness (QED) is 0.874. The van der Waals surface area contributed by atoms with Crippen molar-refractivity contribution in [2.75, 3.05) is 6.54 Å². The minimum atomic E-state index is -0.345. The van der Waals surface area contributed by atoms with E-state index in [0.717, 1.165) is 16.7 Å². The first-order valence-corrected chi connectivity index (χ1v) is 5.93. The van der Waals surface area contributed by atoms with Crippen molar-refractivity contribution in [3.63, 3.8) is 0 Å². The average Bonchev–Trinajstić information content (AvgIpc) is 2.86. The summed E-state index contributed by atoms with van der Waals surface area (Å²) in [6.07, 6.45) is -0.545. The third-order valence-corrected chi connectivity index (χ3v) is 3.07. The van der Waals surface area contributed by atoms with Gasteiger partial charge in [0.25, 0.3) is 0 Å². The van der Waals surface area contributed by atoms with Crippen molar-refractivity contribution < 1.29 is 9.53 Å². The van der Waals surface area contributed by atoms with Gasteiger partial charge in [0.2, 0.25) is 0 Å². The fraction of sp³-hybridized carbons (Fsp3) is 0.133. The Kier molecular flexibility index (Phi) is 2.73. The largest absolute Gasteiger partial charge is 0.439 e. The molecule has 2 aromatic carbocycles. The Hall–Kier alpha value is -2.29. The topological polar surface area (TPSA) is 38.3 Å². The van der Waals surface area contributed by atoms with Crippen LogP contribution < -0.4 is 5.32 Å². The van der Waals surface area contributed by atoms with Crippen LogP contribution in [-0.4, -0.2) is 12.6 Å². The molecule has 1 atom stereocenters. The third-order valence-electron chi connectivity index (χ3n) is 3.07. The van der Waals surface area contributed by atoms with Crippen LogP contribution in [0.25, 0.3) is 11.1 Å². The Morgan fingerprint density at radius 2 is 1.72 bits per heavy atom. The highest BCUT2D eigenvalue weighted by atomic mass is 16.6. The molecule has 1 saturated heterocycles. The van der Waals surface area contributed by atoms with Crippen molar-refractivity contribution >= 4 is 6.09 Å². The second-order valence-electron chi connectivity index (χ2n) is 4.23. The number of carbonyl (C=O) groups is 1. The van der Waals surface area contributed by atoms with Crippen LogP contribution >= 0.6 is 0 Å². The maximum Gasteiger partial charge on any atom is 0.407 e. The summed E-state index contributed by atoms with van der Waals surface area (Å²) in [5.41, 5.74) is 3.29.